The molecule has 0 atom stereocenters. The molecule has 0 aromatic heterocycles. The first-order valence-corrected chi connectivity index (χ1v) is 7.85. The van der Waals surface area contributed by atoms with Crippen LogP contribution in [0, 0.1) is 0 Å². The number of alkyl halides is 1. The first-order chi connectivity index (χ1) is 8.56. The number of hydrogen-bond donors (Lipinski definition) is 2. The van der Waals surface area contributed by atoms with E-state index < -0.39 is 0 Å². The number of phenols is 1. The van der Waals surface area contributed by atoms with Crippen molar-refractivity contribution in [1.29, 1.82) is 0 Å². The van der Waals surface area contributed by atoms with Crippen molar-refractivity contribution in [2.75, 3.05) is 5.33 Å². The van der Waals surface area contributed by atoms with Gasteiger partial charge in [0.15, 0.2) is 0 Å². The summed E-state index contributed by atoms with van der Waals surface area (Å²) in [4.78, 5) is 12.2. The molecule has 1 aromatic carbocycles. The summed E-state index contributed by atoms with van der Waals surface area (Å²) in [7, 11) is 0. The van der Waals surface area contributed by atoms with E-state index in [0.717, 1.165) is 35.5 Å². The van der Waals surface area contributed by atoms with Crippen LogP contribution < -0.4 is 5.32 Å². The molecule has 1 aliphatic carbocycles. The third kappa shape index (κ3) is 2.88. The quantitative estimate of drug-likeness (QED) is 0.792. The van der Waals surface area contributed by atoms with E-state index in [1.807, 2.05) is 0 Å². The Morgan fingerprint density at radius 1 is 1.39 bits per heavy atom. The summed E-state index contributed by atoms with van der Waals surface area (Å²) in [6.07, 6.45) is 4.24. The van der Waals surface area contributed by atoms with Crippen LogP contribution in [0.5, 0.6) is 5.75 Å². The maximum atomic E-state index is 12.2. The van der Waals surface area contributed by atoms with Crippen LogP contribution in [-0.2, 0) is 0 Å². The molecule has 0 spiro atoms. The smallest absolute Gasteiger partial charge is 0.255 e. The van der Waals surface area contributed by atoms with Gasteiger partial charge in [-0.3, -0.25) is 4.79 Å². The summed E-state index contributed by atoms with van der Waals surface area (Å²) in [5.74, 6) is -0.200. The SMILES string of the molecule is O=C(NC1(CBr)CCCC1)c1cc(Br)ccc1O. The molecule has 0 bridgehead atoms. The molecule has 3 nitrogen and oxygen atoms in total. The predicted molar refractivity (Wildman–Crippen MR) is 78.3 cm³/mol. The summed E-state index contributed by atoms with van der Waals surface area (Å²) < 4.78 is 0.782. The normalized spacial score (nSPS) is 17.7. The van der Waals surface area contributed by atoms with Crippen molar-refractivity contribution < 1.29 is 9.90 Å². The number of amides is 1. The lowest BCUT2D eigenvalue weighted by Crippen LogP contribution is -2.47. The molecule has 2 N–H and O–H groups in total. The van der Waals surface area contributed by atoms with Gasteiger partial charge in [0.1, 0.15) is 5.75 Å². The van der Waals surface area contributed by atoms with Crippen molar-refractivity contribution in [2.45, 2.75) is 31.2 Å². The molecule has 1 aromatic rings. The first kappa shape index (κ1) is 13.9. The molecular weight excluding hydrogens is 362 g/mol. The summed E-state index contributed by atoms with van der Waals surface area (Å²) in [6, 6.07) is 4.87. The lowest BCUT2D eigenvalue weighted by molar-refractivity contribution is 0.0907. The van der Waals surface area contributed by atoms with Gasteiger partial charge in [0.2, 0.25) is 0 Å². The zero-order valence-electron chi connectivity index (χ0n) is 9.88. The predicted octanol–water partition coefficient (Wildman–Crippen LogP) is 3.59. The highest BCUT2D eigenvalue weighted by Gasteiger charge is 2.34. The van der Waals surface area contributed by atoms with Crippen LogP contribution in [0.2, 0.25) is 0 Å². The van der Waals surface area contributed by atoms with Crippen LogP contribution in [0.4, 0.5) is 0 Å². The number of benzene rings is 1. The lowest BCUT2D eigenvalue weighted by atomic mass is 10.00. The fourth-order valence-corrected chi connectivity index (χ4v) is 3.40. The van der Waals surface area contributed by atoms with Crippen molar-refractivity contribution in [2.24, 2.45) is 0 Å². The van der Waals surface area contributed by atoms with E-state index in [1.54, 1.807) is 12.1 Å². The molecule has 2 rings (SSSR count). The molecular formula is C13H15Br2NO2. The van der Waals surface area contributed by atoms with Crippen LogP contribution in [0.1, 0.15) is 36.0 Å². The summed E-state index contributed by atoms with van der Waals surface area (Å²) >= 11 is 6.79. The monoisotopic (exact) mass is 375 g/mol. The van der Waals surface area contributed by atoms with Gasteiger partial charge in [-0.25, -0.2) is 0 Å². The van der Waals surface area contributed by atoms with Gasteiger partial charge in [-0.2, -0.15) is 0 Å². The Hall–Kier alpha value is -0.550. The number of rotatable bonds is 3. The number of aromatic hydroxyl groups is 1. The third-order valence-corrected chi connectivity index (χ3v) is 4.96. The van der Waals surface area contributed by atoms with E-state index >= 15 is 0 Å². The molecule has 0 aliphatic heterocycles. The standard InChI is InChI=1S/C13H15Br2NO2/c14-8-13(5-1-2-6-13)16-12(18)10-7-9(15)3-4-11(10)17/h3-4,7,17H,1-2,5-6,8H2,(H,16,18). The molecule has 98 valence electrons. The number of carbonyl (C=O) groups is 1. The molecule has 1 aliphatic rings. The van der Waals surface area contributed by atoms with E-state index in [1.165, 1.54) is 6.07 Å². The molecule has 1 fully saturated rings. The van der Waals surface area contributed by atoms with Crippen molar-refractivity contribution in [3.8, 4) is 5.75 Å². The zero-order chi connectivity index (χ0) is 13.2. The molecule has 5 heteroatoms. The Morgan fingerprint density at radius 3 is 2.67 bits per heavy atom. The van der Waals surface area contributed by atoms with Crippen molar-refractivity contribution in [3.63, 3.8) is 0 Å². The van der Waals surface area contributed by atoms with Crippen LogP contribution in [0.25, 0.3) is 0 Å². The van der Waals surface area contributed by atoms with Crippen LogP contribution in [-0.4, -0.2) is 21.9 Å². The van der Waals surface area contributed by atoms with Crippen molar-refractivity contribution in [1.82, 2.24) is 5.32 Å². The van der Waals surface area contributed by atoms with Crippen molar-refractivity contribution >= 4 is 37.8 Å². The Balaban J connectivity index is 2.18. The average molecular weight is 377 g/mol. The van der Waals surface area contributed by atoms with Gasteiger partial charge in [-0.1, -0.05) is 44.7 Å². The minimum absolute atomic E-state index is 0.0124. The minimum atomic E-state index is -0.213. The van der Waals surface area contributed by atoms with Gasteiger partial charge in [0, 0.05) is 9.80 Å². The molecule has 0 radical (unpaired) electrons. The number of nitrogens with one attached hydrogen (secondary N) is 1. The topological polar surface area (TPSA) is 49.3 Å². The first-order valence-electron chi connectivity index (χ1n) is 5.93. The van der Waals surface area contributed by atoms with E-state index in [4.69, 9.17) is 0 Å². The van der Waals surface area contributed by atoms with Gasteiger partial charge in [0.05, 0.1) is 11.1 Å². The number of carbonyl (C=O) groups excluding carboxylic acids is 1. The third-order valence-electron chi connectivity index (χ3n) is 3.40. The lowest BCUT2D eigenvalue weighted by Gasteiger charge is -2.28. The summed E-state index contributed by atoms with van der Waals surface area (Å²) in [5, 5.41) is 13.6. The van der Waals surface area contributed by atoms with Crippen LogP contribution >= 0.6 is 31.9 Å². The molecule has 0 unspecified atom stereocenters. The van der Waals surface area contributed by atoms with E-state index in [-0.39, 0.29) is 17.2 Å². The average Bonchev–Trinajstić information content (AvgIpc) is 2.81. The number of phenolic OH excluding ortho intramolecular Hbond substituents is 1. The maximum absolute atomic E-state index is 12.2. The molecule has 18 heavy (non-hydrogen) atoms. The highest BCUT2D eigenvalue weighted by Crippen LogP contribution is 2.32. The second kappa shape index (κ2) is 5.61. The van der Waals surface area contributed by atoms with Gasteiger partial charge >= 0.3 is 0 Å². The molecule has 1 saturated carbocycles. The number of halogens is 2. The largest absolute Gasteiger partial charge is 0.507 e. The van der Waals surface area contributed by atoms with E-state index in [9.17, 15) is 9.90 Å². The number of hydrogen-bond acceptors (Lipinski definition) is 2. The second-order valence-corrected chi connectivity index (χ2v) is 6.21. The molecule has 1 amide bonds. The molecule has 0 saturated heterocycles. The minimum Gasteiger partial charge on any atom is -0.507 e. The fourth-order valence-electron chi connectivity index (χ4n) is 2.34. The van der Waals surface area contributed by atoms with Crippen molar-refractivity contribution in [3.05, 3.63) is 28.2 Å². The fraction of sp³-hybridized carbons (Fsp3) is 0.462. The van der Waals surface area contributed by atoms with Gasteiger partial charge in [-0.15, -0.1) is 0 Å². The van der Waals surface area contributed by atoms with Crippen LogP contribution in [0.3, 0.4) is 0 Å². The van der Waals surface area contributed by atoms with Gasteiger partial charge < -0.3 is 10.4 Å². The van der Waals surface area contributed by atoms with Gasteiger partial charge in [-0.05, 0) is 31.0 Å². The zero-order valence-corrected chi connectivity index (χ0v) is 13.1. The summed E-state index contributed by atoms with van der Waals surface area (Å²) in [6.45, 7) is 0. The Bertz CT molecular complexity index is 456. The Labute approximate surface area is 123 Å². The van der Waals surface area contributed by atoms with E-state index in [2.05, 4.69) is 37.2 Å². The highest BCUT2D eigenvalue weighted by atomic mass is 79.9. The Morgan fingerprint density at radius 2 is 2.06 bits per heavy atom. The maximum Gasteiger partial charge on any atom is 0.255 e. The van der Waals surface area contributed by atoms with Gasteiger partial charge in [0.25, 0.3) is 5.91 Å². The van der Waals surface area contributed by atoms with E-state index in [0.29, 0.717) is 5.56 Å². The van der Waals surface area contributed by atoms with Crippen LogP contribution in [0.15, 0.2) is 22.7 Å². The highest BCUT2D eigenvalue weighted by molar-refractivity contribution is 9.10. The summed E-state index contributed by atoms with van der Waals surface area (Å²) in [5.41, 5.74) is 0.155. The Kier molecular flexibility index (Phi) is 4.33. The second-order valence-electron chi connectivity index (χ2n) is 4.74. The molecule has 0 heterocycles.